The summed E-state index contributed by atoms with van der Waals surface area (Å²) in [5.74, 6) is 0.0264. The molecule has 1 aliphatic heterocycles. The Balaban J connectivity index is 2.12. The molecule has 1 aliphatic rings. The van der Waals surface area contributed by atoms with Crippen LogP contribution < -0.4 is 0 Å². The number of amides is 1. The highest BCUT2D eigenvalue weighted by Gasteiger charge is 2.15. The number of likely N-dealkylation sites (tertiary alicyclic amines) is 1. The molecule has 0 atom stereocenters. The van der Waals surface area contributed by atoms with Crippen LogP contribution in [0.25, 0.3) is 6.08 Å². The Bertz CT molecular complexity index is 430. The summed E-state index contributed by atoms with van der Waals surface area (Å²) < 4.78 is 0. The fourth-order valence-corrected chi connectivity index (χ4v) is 2.39. The molecule has 1 heterocycles. The number of rotatable bonds is 2. The molecule has 2 rings (SSSR count). The highest BCUT2D eigenvalue weighted by atomic mass is 35.5. The monoisotopic (exact) mass is 269 g/mol. The molecule has 4 heteroatoms. The van der Waals surface area contributed by atoms with Crippen molar-refractivity contribution in [3.05, 3.63) is 39.9 Å². The van der Waals surface area contributed by atoms with Gasteiger partial charge in [0.2, 0.25) is 5.91 Å². The highest BCUT2D eigenvalue weighted by molar-refractivity contribution is 6.37. The molecule has 2 nitrogen and oxygen atoms in total. The average molecular weight is 270 g/mol. The highest BCUT2D eigenvalue weighted by Crippen LogP contribution is 2.25. The molecule has 1 amide bonds. The van der Waals surface area contributed by atoms with E-state index in [0.29, 0.717) is 15.6 Å². The summed E-state index contributed by atoms with van der Waals surface area (Å²) in [5, 5.41) is 1.12. The third kappa shape index (κ3) is 3.02. The summed E-state index contributed by atoms with van der Waals surface area (Å²) in [5.41, 5.74) is 0.698. The lowest BCUT2D eigenvalue weighted by molar-refractivity contribution is -0.124. The molecule has 1 aromatic rings. The van der Waals surface area contributed by atoms with Crippen molar-refractivity contribution >= 4 is 35.2 Å². The Hall–Kier alpha value is -0.990. The quantitative estimate of drug-likeness (QED) is 0.751. The fourth-order valence-electron chi connectivity index (χ4n) is 1.87. The van der Waals surface area contributed by atoms with Gasteiger partial charge in [0.15, 0.2) is 0 Å². The van der Waals surface area contributed by atoms with Crippen molar-refractivity contribution in [2.45, 2.75) is 12.8 Å². The molecule has 0 bridgehead atoms. The zero-order chi connectivity index (χ0) is 12.3. The van der Waals surface area contributed by atoms with E-state index in [-0.39, 0.29) is 5.91 Å². The summed E-state index contributed by atoms with van der Waals surface area (Å²) in [4.78, 5) is 13.6. The van der Waals surface area contributed by atoms with Crippen LogP contribution in [0.3, 0.4) is 0 Å². The van der Waals surface area contributed by atoms with Crippen LogP contribution in [0.5, 0.6) is 0 Å². The summed E-state index contributed by atoms with van der Waals surface area (Å²) in [6.45, 7) is 1.69. The van der Waals surface area contributed by atoms with Crippen LogP contribution in [0.4, 0.5) is 0 Å². The number of hydrogen-bond donors (Lipinski definition) is 0. The molecule has 0 unspecified atom stereocenters. The molecule has 0 N–H and O–H groups in total. The number of carbonyl (C=O) groups excluding carboxylic acids is 1. The van der Waals surface area contributed by atoms with E-state index in [0.717, 1.165) is 25.9 Å². The first-order valence-corrected chi connectivity index (χ1v) is 6.35. The maximum Gasteiger partial charge on any atom is 0.246 e. The van der Waals surface area contributed by atoms with Crippen LogP contribution in [0.15, 0.2) is 24.3 Å². The van der Waals surface area contributed by atoms with Gasteiger partial charge >= 0.3 is 0 Å². The predicted molar refractivity (Wildman–Crippen MR) is 71.3 cm³/mol. The molecule has 1 fully saturated rings. The summed E-state index contributed by atoms with van der Waals surface area (Å²) in [6, 6.07) is 5.30. The minimum atomic E-state index is 0.0264. The minimum absolute atomic E-state index is 0.0264. The smallest absolute Gasteiger partial charge is 0.246 e. The van der Waals surface area contributed by atoms with Crippen LogP contribution >= 0.6 is 23.2 Å². The number of benzene rings is 1. The fraction of sp³-hybridized carbons (Fsp3) is 0.308. The van der Waals surface area contributed by atoms with E-state index in [1.165, 1.54) is 0 Å². The van der Waals surface area contributed by atoms with Gasteiger partial charge in [0.25, 0.3) is 0 Å². The Morgan fingerprint density at radius 2 is 1.76 bits per heavy atom. The van der Waals surface area contributed by atoms with Crippen LogP contribution in [0.1, 0.15) is 18.4 Å². The maximum absolute atomic E-state index is 11.8. The number of halogens is 2. The van der Waals surface area contributed by atoms with Crippen LogP contribution in [0.2, 0.25) is 10.0 Å². The second-order valence-corrected chi connectivity index (χ2v) is 4.82. The van der Waals surface area contributed by atoms with Gasteiger partial charge in [0.1, 0.15) is 0 Å². The van der Waals surface area contributed by atoms with Gasteiger partial charge in [0, 0.05) is 34.8 Å². The van der Waals surface area contributed by atoms with E-state index >= 15 is 0 Å². The van der Waals surface area contributed by atoms with E-state index in [4.69, 9.17) is 23.2 Å². The van der Waals surface area contributed by atoms with E-state index < -0.39 is 0 Å². The Morgan fingerprint density at radius 3 is 2.35 bits per heavy atom. The molecule has 0 aromatic heterocycles. The second-order valence-electron chi connectivity index (χ2n) is 4.00. The number of hydrogen-bond acceptors (Lipinski definition) is 1. The average Bonchev–Trinajstić information content (AvgIpc) is 2.81. The van der Waals surface area contributed by atoms with E-state index in [1.807, 2.05) is 4.90 Å². The Morgan fingerprint density at radius 1 is 1.18 bits per heavy atom. The third-order valence-electron chi connectivity index (χ3n) is 2.81. The molecule has 17 heavy (non-hydrogen) atoms. The SMILES string of the molecule is O=C(/C=C/c1c(Cl)cccc1Cl)N1CCCC1. The van der Waals surface area contributed by atoms with Crippen molar-refractivity contribution in [2.24, 2.45) is 0 Å². The Labute approximate surface area is 111 Å². The van der Waals surface area contributed by atoms with Crippen molar-refractivity contribution in [1.82, 2.24) is 4.90 Å². The normalized spacial score (nSPS) is 15.8. The molecule has 0 radical (unpaired) electrons. The van der Waals surface area contributed by atoms with Crippen molar-refractivity contribution < 1.29 is 4.79 Å². The first-order chi connectivity index (χ1) is 8.18. The van der Waals surface area contributed by atoms with Crippen LogP contribution in [-0.2, 0) is 4.79 Å². The summed E-state index contributed by atoms with van der Waals surface area (Å²) >= 11 is 12.0. The van der Waals surface area contributed by atoms with Crippen molar-refractivity contribution in [1.29, 1.82) is 0 Å². The molecular formula is C13H13Cl2NO. The van der Waals surface area contributed by atoms with Crippen LogP contribution in [-0.4, -0.2) is 23.9 Å². The van der Waals surface area contributed by atoms with Crippen molar-refractivity contribution in [3.63, 3.8) is 0 Å². The molecular weight excluding hydrogens is 257 g/mol. The van der Waals surface area contributed by atoms with Gasteiger partial charge in [0.05, 0.1) is 0 Å². The number of nitrogens with zero attached hydrogens (tertiary/aromatic N) is 1. The van der Waals surface area contributed by atoms with Crippen molar-refractivity contribution in [3.8, 4) is 0 Å². The first kappa shape index (κ1) is 12.5. The van der Waals surface area contributed by atoms with Gasteiger partial charge in [-0.15, -0.1) is 0 Å². The van der Waals surface area contributed by atoms with Crippen molar-refractivity contribution in [2.75, 3.05) is 13.1 Å². The lowest BCUT2D eigenvalue weighted by atomic mass is 10.2. The molecule has 90 valence electrons. The third-order valence-corrected chi connectivity index (χ3v) is 3.47. The Kier molecular flexibility index (Phi) is 4.08. The minimum Gasteiger partial charge on any atom is -0.339 e. The van der Waals surface area contributed by atoms with Crippen LogP contribution in [0, 0.1) is 0 Å². The molecule has 0 aliphatic carbocycles. The molecule has 1 saturated heterocycles. The maximum atomic E-state index is 11.8. The topological polar surface area (TPSA) is 20.3 Å². The van der Waals surface area contributed by atoms with E-state index in [9.17, 15) is 4.79 Å². The zero-order valence-corrected chi connectivity index (χ0v) is 10.8. The number of carbonyl (C=O) groups is 1. The molecule has 0 saturated carbocycles. The second kappa shape index (κ2) is 5.56. The van der Waals surface area contributed by atoms with Gasteiger partial charge in [-0.25, -0.2) is 0 Å². The predicted octanol–water partition coefficient (Wildman–Crippen LogP) is 3.63. The van der Waals surface area contributed by atoms with Gasteiger partial charge in [-0.05, 0) is 31.1 Å². The lowest BCUT2D eigenvalue weighted by Crippen LogP contribution is -2.25. The van der Waals surface area contributed by atoms with Gasteiger partial charge in [-0.3, -0.25) is 4.79 Å². The molecule has 0 spiro atoms. The molecule has 1 aromatic carbocycles. The lowest BCUT2D eigenvalue weighted by Gasteiger charge is -2.11. The zero-order valence-electron chi connectivity index (χ0n) is 9.33. The summed E-state index contributed by atoms with van der Waals surface area (Å²) in [7, 11) is 0. The van der Waals surface area contributed by atoms with Gasteiger partial charge in [-0.2, -0.15) is 0 Å². The first-order valence-electron chi connectivity index (χ1n) is 5.59. The van der Waals surface area contributed by atoms with Gasteiger partial charge in [-0.1, -0.05) is 29.3 Å². The van der Waals surface area contributed by atoms with E-state index in [2.05, 4.69) is 0 Å². The summed E-state index contributed by atoms with van der Waals surface area (Å²) in [6.07, 6.45) is 5.41. The standard InChI is InChI=1S/C13H13Cl2NO/c14-11-4-3-5-12(15)10(11)6-7-13(17)16-8-1-2-9-16/h3-7H,1-2,8-9H2/b7-6+. The largest absolute Gasteiger partial charge is 0.339 e. The van der Waals surface area contributed by atoms with Gasteiger partial charge < -0.3 is 4.90 Å². The van der Waals surface area contributed by atoms with E-state index in [1.54, 1.807) is 30.4 Å².